The van der Waals surface area contributed by atoms with Gasteiger partial charge in [0.05, 0.1) is 0 Å². The van der Waals surface area contributed by atoms with Gasteiger partial charge in [-0.05, 0) is 6.42 Å². The maximum Gasteiger partial charge on any atom is 0.345 e. The zero-order valence-corrected chi connectivity index (χ0v) is 6.50. The van der Waals surface area contributed by atoms with Crippen LogP contribution in [-0.2, 0) is 4.79 Å². The zero-order chi connectivity index (χ0) is 9.28. The Kier molecular flexibility index (Phi) is 9.32. The smallest absolute Gasteiger partial charge is 0.345 e. The predicted molar refractivity (Wildman–Crippen MR) is 42.9 cm³/mol. The molecular weight excluding hydrogens is 142 g/mol. The first-order valence-corrected chi connectivity index (χ1v) is 3.03. The predicted octanol–water partition coefficient (Wildman–Crippen LogP) is 1.73. The van der Waals surface area contributed by atoms with E-state index in [0.29, 0.717) is 0 Å². The van der Waals surface area contributed by atoms with E-state index in [1.54, 1.807) is 0 Å². The molecule has 3 heteroatoms. The highest BCUT2D eigenvalue weighted by atomic mass is 16.4. The number of allylic oxidation sites excluding steroid dienone is 1. The molecule has 0 aliphatic carbocycles. The summed E-state index contributed by atoms with van der Waals surface area (Å²) in [5.41, 5.74) is -0.431. The van der Waals surface area contributed by atoms with Crippen LogP contribution in [0.25, 0.3) is 0 Å². The summed E-state index contributed by atoms with van der Waals surface area (Å²) < 4.78 is 0. The van der Waals surface area contributed by atoms with Crippen LogP contribution < -0.4 is 0 Å². The van der Waals surface area contributed by atoms with Gasteiger partial charge in [-0.15, -0.1) is 6.58 Å². The van der Waals surface area contributed by atoms with Crippen molar-refractivity contribution in [2.75, 3.05) is 0 Å². The highest BCUT2D eigenvalue weighted by Crippen LogP contribution is 1.81. The molecule has 0 fully saturated rings. The average molecular weight is 153 g/mol. The van der Waals surface area contributed by atoms with Gasteiger partial charge in [0.2, 0.25) is 0 Å². The second-order valence-electron chi connectivity index (χ2n) is 1.59. The Morgan fingerprint density at radius 2 is 2.18 bits per heavy atom. The molecule has 0 aliphatic heterocycles. The van der Waals surface area contributed by atoms with Crippen molar-refractivity contribution in [3.63, 3.8) is 0 Å². The van der Waals surface area contributed by atoms with Gasteiger partial charge in [0, 0.05) is 0 Å². The lowest BCUT2D eigenvalue weighted by Gasteiger charge is -1.76. The molecule has 11 heavy (non-hydrogen) atoms. The number of carbonyl (C=O) groups is 1. The van der Waals surface area contributed by atoms with E-state index in [-0.39, 0.29) is 0 Å². The van der Waals surface area contributed by atoms with Crippen molar-refractivity contribution < 1.29 is 9.90 Å². The quantitative estimate of drug-likeness (QED) is 0.373. The molecule has 1 N–H and O–H groups in total. The number of hydrogen-bond donors (Lipinski definition) is 1. The van der Waals surface area contributed by atoms with E-state index in [1.807, 2.05) is 6.08 Å². The number of carboxylic acid groups (broad SMARTS) is 1. The highest BCUT2D eigenvalue weighted by Gasteiger charge is 1.97. The normalized spacial score (nSPS) is 6.55. The van der Waals surface area contributed by atoms with E-state index in [1.165, 1.54) is 6.07 Å². The van der Waals surface area contributed by atoms with Crippen molar-refractivity contribution >= 4 is 5.97 Å². The van der Waals surface area contributed by atoms with Crippen LogP contribution in [0.15, 0.2) is 24.8 Å². The van der Waals surface area contributed by atoms with Crippen molar-refractivity contribution in [3.05, 3.63) is 24.8 Å². The zero-order valence-electron chi connectivity index (χ0n) is 6.50. The summed E-state index contributed by atoms with van der Waals surface area (Å²) in [6.45, 7) is 8.45. The molecule has 0 heterocycles. The van der Waals surface area contributed by atoms with Crippen LogP contribution in [0, 0.1) is 11.3 Å². The summed E-state index contributed by atoms with van der Waals surface area (Å²) in [5.74, 6) is -1.26. The van der Waals surface area contributed by atoms with Crippen molar-refractivity contribution in [1.82, 2.24) is 0 Å². The molecule has 0 bridgehead atoms. The van der Waals surface area contributed by atoms with Crippen molar-refractivity contribution in [2.45, 2.75) is 13.3 Å². The fraction of sp³-hybridized carbons (Fsp3) is 0.250. The largest absolute Gasteiger partial charge is 0.477 e. The monoisotopic (exact) mass is 153 g/mol. The average Bonchev–Trinajstić information content (AvgIpc) is 2.03. The van der Waals surface area contributed by atoms with Crippen LogP contribution in [0.1, 0.15) is 13.3 Å². The number of aliphatic carboxylic acids is 1. The molecule has 0 aliphatic rings. The van der Waals surface area contributed by atoms with Gasteiger partial charge in [0.15, 0.2) is 0 Å². The SMILES string of the molecule is C=C(C#N)C(=O)O.C=CCC. The van der Waals surface area contributed by atoms with E-state index in [9.17, 15) is 4.79 Å². The van der Waals surface area contributed by atoms with Crippen LogP contribution in [0.4, 0.5) is 0 Å². The van der Waals surface area contributed by atoms with Crippen molar-refractivity contribution in [2.24, 2.45) is 0 Å². The van der Waals surface area contributed by atoms with Gasteiger partial charge in [-0.25, -0.2) is 4.79 Å². The lowest BCUT2D eigenvalue weighted by Crippen LogP contribution is -1.94. The first-order valence-electron chi connectivity index (χ1n) is 3.03. The second-order valence-corrected chi connectivity index (χ2v) is 1.59. The number of rotatable bonds is 2. The number of carboxylic acids is 1. The van der Waals surface area contributed by atoms with Gasteiger partial charge in [-0.2, -0.15) is 5.26 Å². The minimum atomic E-state index is -1.26. The number of nitriles is 1. The van der Waals surface area contributed by atoms with Crippen molar-refractivity contribution in [3.8, 4) is 6.07 Å². The Morgan fingerprint density at radius 3 is 2.18 bits per heavy atom. The minimum absolute atomic E-state index is 0.431. The molecule has 0 radical (unpaired) electrons. The van der Waals surface area contributed by atoms with Gasteiger partial charge >= 0.3 is 5.97 Å². The molecule has 0 aromatic rings. The Bertz CT molecular complexity index is 189. The first-order chi connectivity index (χ1) is 5.09. The molecule has 0 saturated carbocycles. The fourth-order valence-corrected chi connectivity index (χ4v) is 0.0478. The Balaban J connectivity index is 0. The molecule has 0 aromatic carbocycles. The molecule has 0 spiro atoms. The Hall–Kier alpha value is -1.56. The molecule has 0 atom stereocenters. The summed E-state index contributed by atoms with van der Waals surface area (Å²) in [5, 5.41) is 15.6. The van der Waals surface area contributed by atoms with Gasteiger partial charge < -0.3 is 5.11 Å². The summed E-state index contributed by atoms with van der Waals surface area (Å²) >= 11 is 0. The third kappa shape index (κ3) is 11.8. The van der Waals surface area contributed by atoms with Crippen LogP contribution in [0.5, 0.6) is 0 Å². The van der Waals surface area contributed by atoms with E-state index in [4.69, 9.17) is 10.4 Å². The summed E-state index contributed by atoms with van der Waals surface area (Å²) in [7, 11) is 0. The third-order valence-electron chi connectivity index (χ3n) is 0.682. The Morgan fingerprint density at radius 1 is 1.82 bits per heavy atom. The molecule has 60 valence electrons. The standard InChI is InChI=1S/C4H3NO2.C4H8/c1-3(2-5)4(6)7;1-3-4-2/h1H2,(H,6,7);3H,1,4H2,2H3. The summed E-state index contributed by atoms with van der Waals surface area (Å²) in [6, 6.07) is 1.37. The van der Waals surface area contributed by atoms with Crippen LogP contribution in [-0.4, -0.2) is 11.1 Å². The summed E-state index contributed by atoms with van der Waals surface area (Å²) in [4.78, 5) is 9.61. The van der Waals surface area contributed by atoms with Gasteiger partial charge in [0.1, 0.15) is 11.6 Å². The highest BCUT2D eigenvalue weighted by molar-refractivity contribution is 5.90. The molecule has 0 saturated heterocycles. The Labute approximate surface area is 66.3 Å². The van der Waals surface area contributed by atoms with Crippen LogP contribution in [0.2, 0.25) is 0 Å². The topological polar surface area (TPSA) is 61.1 Å². The number of hydrogen-bond acceptors (Lipinski definition) is 2. The van der Waals surface area contributed by atoms with E-state index >= 15 is 0 Å². The maximum absolute atomic E-state index is 9.61. The van der Waals surface area contributed by atoms with E-state index in [0.717, 1.165) is 6.42 Å². The van der Waals surface area contributed by atoms with Gasteiger partial charge in [-0.3, -0.25) is 0 Å². The third-order valence-corrected chi connectivity index (χ3v) is 0.682. The molecule has 0 rings (SSSR count). The lowest BCUT2D eigenvalue weighted by atomic mass is 10.4. The number of nitrogens with zero attached hydrogens (tertiary/aromatic N) is 1. The molecule has 0 unspecified atom stereocenters. The second kappa shape index (κ2) is 8.44. The van der Waals surface area contributed by atoms with E-state index in [2.05, 4.69) is 20.1 Å². The lowest BCUT2D eigenvalue weighted by molar-refractivity contribution is -0.132. The van der Waals surface area contributed by atoms with Crippen LogP contribution in [0.3, 0.4) is 0 Å². The molecule has 3 nitrogen and oxygen atoms in total. The van der Waals surface area contributed by atoms with Gasteiger partial charge in [0.25, 0.3) is 0 Å². The molecular formula is C8H11NO2. The summed E-state index contributed by atoms with van der Waals surface area (Å²) in [6.07, 6.45) is 2.96. The van der Waals surface area contributed by atoms with Crippen LogP contribution >= 0.6 is 0 Å². The molecule has 0 aromatic heterocycles. The molecule has 0 amide bonds. The maximum atomic E-state index is 9.61. The van der Waals surface area contributed by atoms with E-state index < -0.39 is 11.5 Å². The van der Waals surface area contributed by atoms with Gasteiger partial charge in [-0.1, -0.05) is 19.6 Å². The van der Waals surface area contributed by atoms with Crippen molar-refractivity contribution in [1.29, 1.82) is 5.26 Å². The minimum Gasteiger partial charge on any atom is -0.477 e. The fourth-order valence-electron chi connectivity index (χ4n) is 0.0478. The first kappa shape index (κ1) is 12.1.